The van der Waals surface area contributed by atoms with Crippen molar-refractivity contribution in [2.45, 2.75) is 25.4 Å². The molecule has 3 rings (SSSR count). The molecule has 1 saturated heterocycles. The van der Waals surface area contributed by atoms with Crippen molar-refractivity contribution in [1.82, 2.24) is 19.7 Å². The summed E-state index contributed by atoms with van der Waals surface area (Å²) in [7, 11) is 0. The van der Waals surface area contributed by atoms with Gasteiger partial charge in [0.15, 0.2) is 0 Å². The highest BCUT2D eigenvalue weighted by Gasteiger charge is 2.29. The van der Waals surface area contributed by atoms with E-state index in [1.54, 1.807) is 11.0 Å². The molecular weight excluding hydrogens is 240 g/mol. The van der Waals surface area contributed by atoms with Gasteiger partial charge >= 0.3 is 0 Å². The van der Waals surface area contributed by atoms with Gasteiger partial charge in [-0.2, -0.15) is 5.10 Å². The smallest absolute Gasteiger partial charge is 0.244 e. The number of hydrogen-bond acceptors (Lipinski definition) is 3. The van der Waals surface area contributed by atoms with E-state index in [2.05, 4.69) is 22.2 Å². The van der Waals surface area contributed by atoms with E-state index in [0.29, 0.717) is 0 Å². The Morgan fingerprint density at radius 3 is 2.89 bits per heavy atom. The minimum atomic E-state index is 0.108. The third-order valence-electron chi connectivity index (χ3n) is 3.52. The van der Waals surface area contributed by atoms with Crippen LogP contribution in [0.1, 0.15) is 24.4 Å². The lowest BCUT2D eigenvalue weighted by molar-refractivity contribution is -0.133. The molecule has 1 aliphatic rings. The van der Waals surface area contributed by atoms with Gasteiger partial charge in [-0.1, -0.05) is 30.3 Å². The van der Waals surface area contributed by atoms with Gasteiger partial charge < -0.3 is 4.90 Å². The lowest BCUT2D eigenvalue weighted by atomic mass is 10.0. The maximum absolute atomic E-state index is 12.3. The zero-order chi connectivity index (χ0) is 13.1. The van der Waals surface area contributed by atoms with Crippen molar-refractivity contribution in [3.8, 4) is 0 Å². The maximum Gasteiger partial charge on any atom is 0.244 e. The van der Waals surface area contributed by atoms with Crippen LogP contribution >= 0.6 is 0 Å². The molecule has 1 amide bonds. The van der Waals surface area contributed by atoms with Crippen molar-refractivity contribution in [2.24, 2.45) is 0 Å². The SMILES string of the molecule is O=C(Cn1cncn1)N1CCCC1c1ccccc1. The summed E-state index contributed by atoms with van der Waals surface area (Å²) >= 11 is 0. The number of hydrogen-bond donors (Lipinski definition) is 0. The molecular formula is C14H16N4O. The van der Waals surface area contributed by atoms with Crippen molar-refractivity contribution in [1.29, 1.82) is 0 Å². The predicted molar refractivity (Wildman–Crippen MR) is 70.2 cm³/mol. The van der Waals surface area contributed by atoms with Gasteiger partial charge in [0.05, 0.1) is 6.04 Å². The average molecular weight is 256 g/mol. The number of likely N-dealkylation sites (tertiary alicyclic amines) is 1. The summed E-state index contributed by atoms with van der Waals surface area (Å²) in [6, 6.07) is 10.4. The van der Waals surface area contributed by atoms with Crippen molar-refractivity contribution in [2.75, 3.05) is 6.54 Å². The summed E-state index contributed by atoms with van der Waals surface area (Å²) in [5, 5.41) is 3.98. The minimum Gasteiger partial charge on any atom is -0.334 e. The van der Waals surface area contributed by atoms with Gasteiger partial charge in [-0.25, -0.2) is 9.67 Å². The third kappa shape index (κ3) is 2.50. The van der Waals surface area contributed by atoms with E-state index in [1.165, 1.54) is 11.9 Å². The summed E-state index contributed by atoms with van der Waals surface area (Å²) in [6.07, 6.45) is 5.12. The van der Waals surface area contributed by atoms with E-state index in [4.69, 9.17) is 0 Å². The summed E-state index contributed by atoms with van der Waals surface area (Å²) in [6.45, 7) is 1.09. The molecule has 0 saturated carbocycles. The molecule has 0 bridgehead atoms. The van der Waals surface area contributed by atoms with E-state index < -0.39 is 0 Å². The molecule has 0 radical (unpaired) electrons. The maximum atomic E-state index is 12.3. The highest BCUT2D eigenvalue weighted by atomic mass is 16.2. The molecule has 5 nitrogen and oxygen atoms in total. The summed E-state index contributed by atoms with van der Waals surface area (Å²) in [4.78, 5) is 18.1. The number of nitrogens with zero attached hydrogens (tertiary/aromatic N) is 4. The number of carbonyl (C=O) groups is 1. The second-order valence-corrected chi connectivity index (χ2v) is 4.75. The predicted octanol–water partition coefficient (Wildman–Crippen LogP) is 1.64. The fourth-order valence-corrected chi connectivity index (χ4v) is 2.63. The van der Waals surface area contributed by atoms with E-state index in [0.717, 1.165) is 19.4 Å². The summed E-state index contributed by atoms with van der Waals surface area (Å²) in [5.74, 6) is 0.108. The van der Waals surface area contributed by atoms with Crippen LogP contribution in [0.5, 0.6) is 0 Å². The Morgan fingerprint density at radius 1 is 1.32 bits per heavy atom. The normalized spacial score (nSPS) is 18.7. The first kappa shape index (κ1) is 11.9. The van der Waals surface area contributed by atoms with Crippen molar-refractivity contribution >= 4 is 5.91 Å². The van der Waals surface area contributed by atoms with Crippen LogP contribution < -0.4 is 0 Å². The molecule has 0 spiro atoms. The first-order valence-corrected chi connectivity index (χ1v) is 6.51. The number of rotatable bonds is 3. The lowest BCUT2D eigenvalue weighted by Crippen LogP contribution is -2.33. The molecule has 1 atom stereocenters. The van der Waals surface area contributed by atoms with Crippen LogP contribution in [0.25, 0.3) is 0 Å². The second kappa shape index (κ2) is 5.22. The van der Waals surface area contributed by atoms with Crippen molar-refractivity contribution in [3.63, 3.8) is 0 Å². The monoisotopic (exact) mass is 256 g/mol. The molecule has 1 fully saturated rings. The van der Waals surface area contributed by atoms with E-state index in [9.17, 15) is 4.79 Å². The average Bonchev–Trinajstić information content (AvgIpc) is 3.10. The molecule has 98 valence electrons. The minimum absolute atomic E-state index is 0.108. The van der Waals surface area contributed by atoms with Crippen LogP contribution in [0, 0.1) is 0 Å². The molecule has 1 unspecified atom stereocenters. The van der Waals surface area contributed by atoms with Gasteiger partial charge in [-0.15, -0.1) is 0 Å². The number of benzene rings is 1. The van der Waals surface area contributed by atoms with Crippen molar-refractivity contribution < 1.29 is 4.79 Å². The van der Waals surface area contributed by atoms with Gasteiger partial charge in [0.2, 0.25) is 5.91 Å². The zero-order valence-corrected chi connectivity index (χ0v) is 10.6. The largest absolute Gasteiger partial charge is 0.334 e. The Labute approximate surface area is 111 Å². The van der Waals surface area contributed by atoms with Gasteiger partial charge in [0.25, 0.3) is 0 Å². The lowest BCUT2D eigenvalue weighted by Gasteiger charge is -2.25. The highest BCUT2D eigenvalue weighted by Crippen LogP contribution is 2.31. The molecule has 0 aliphatic carbocycles. The third-order valence-corrected chi connectivity index (χ3v) is 3.52. The molecule has 0 N–H and O–H groups in total. The second-order valence-electron chi connectivity index (χ2n) is 4.75. The zero-order valence-electron chi connectivity index (χ0n) is 10.6. The van der Waals surface area contributed by atoms with Gasteiger partial charge in [0.1, 0.15) is 19.2 Å². The Balaban J connectivity index is 1.74. The molecule has 19 heavy (non-hydrogen) atoms. The Bertz CT molecular complexity index is 538. The molecule has 1 aromatic carbocycles. The van der Waals surface area contributed by atoms with E-state index in [-0.39, 0.29) is 18.5 Å². The molecule has 1 aliphatic heterocycles. The molecule has 2 heterocycles. The van der Waals surface area contributed by atoms with Crippen LogP contribution in [0.2, 0.25) is 0 Å². The quantitative estimate of drug-likeness (QED) is 0.839. The van der Waals surface area contributed by atoms with Gasteiger partial charge in [0, 0.05) is 6.54 Å². The molecule has 5 heteroatoms. The molecule has 1 aromatic heterocycles. The van der Waals surface area contributed by atoms with E-state index in [1.807, 2.05) is 23.1 Å². The molecule has 2 aromatic rings. The Morgan fingerprint density at radius 2 is 2.16 bits per heavy atom. The van der Waals surface area contributed by atoms with Gasteiger partial charge in [-0.05, 0) is 18.4 Å². The first-order chi connectivity index (χ1) is 9.34. The number of carbonyl (C=O) groups excluding carboxylic acids is 1. The van der Waals surface area contributed by atoms with Crippen LogP contribution in [0.3, 0.4) is 0 Å². The van der Waals surface area contributed by atoms with Gasteiger partial charge in [-0.3, -0.25) is 4.79 Å². The summed E-state index contributed by atoms with van der Waals surface area (Å²) < 4.78 is 1.57. The topological polar surface area (TPSA) is 51.0 Å². The highest BCUT2D eigenvalue weighted by molar-refractivity contribution is 5.76. The fourth-order valence-electron chi connectivity index (χ4n) is 2.63. The van der Waals surface area contributed by atoms with Crippen LogP contribution in [-0.2, 0) is 11.3 Å². The van der Waals surface area contributed by atoms with Crippen LogP contribution in [0.15, 0.2) is 43.0 Å². The summed E-state index contributed by atoms with van der Waals surface area (Å²) in [5.41, 5.74) is 1.21. The fraction of sp³-hybridized carbons (Fsp3) is 0.357. The Hall–Kier alpha value is -2.17. The van der Waals surface area contributed by atoms with E-state index >= 15 is 0 Å². The van der Waals surface area contributed by atoms with Crippen LogP contribution in [0.4, 0.5) is 0 Å². The standard InChI is InChI=1S/C14H16N4O/c19-14(9-17-11-15-10-16-17)18-8-4-7-13(18)12-5-2-1-3-6-12/h1-3,5-6,10-11,13H,4,7-9H2. The number of aromatic nitrogens is 3. The first-order valence-electron chi connectivity index (χ1n) is 6.51. The van der Waals surface area contributed by atoms with Crippen molar-refractivity contribution in [3.05, 3.63) is 48.5 Å². The number of amides is 1. The van der Waals surface area contributed by atoms with Crippen LogP contribution in [-0.4, -0.2) is 32.1 Å². The Kier molecular flexibility index (Phi) is 3.27.